The van der Waals surface area contributed by atoms with E-state index in [-0.39, 0.29) is 12.1 Å². The van der Waals surface area contributed by atoms with Crippen molar-refractivity contribution < 1.29 is 13.2 Å². The first kappa shape index (κ1) is 19.8. The number of pyridine rings is 1. The van der Waals surface area contributed by atoms with Gasteiger partial charge in [-0.05, 0) is 52.0 Å². The van der Waals surface area contributed by atoms with Crippen molar-refractivity contribution in [2.24, 2.45) is 0 Å². The Kier molecular flexibility index (Phi) is 7.91. The normalized spacial score (nSPS) is 10.7. The third kappa shape index (κ3) is 5.73. The second-order valence-corrected chi connectivity index (χ2v) is 5.94. The van der Waals surface area contributed by atoms with Crippen LogP contribution in [0.2, 0.25) is 0 Å². The Bertz CT molecular complexity index is 633. The van der Waals surface area contributed by atoms with E-state index in [1.807, 2.05) is 13.8 Å². The smallest absolute Gasteiger partial charge is 0.365 e. The maximum Gasteiger partial charge on any atom is 0.416 e. The quantitative estimate of drug-likeness (QED) is 0.609. The number of nitrogens with one attached hydrogen (secondary N) is 1. The molecule has 1 heterocycles. The van der Waals surface area contributed by atoms with Gasteiger partial charge in [-0.3, -0.25) is 0 Å². The van der Waals surface area contributed by atoms with Gasteiger partial charge in [0.2, 0.25) is 0 Å². The van der Waals surface area contributed by atoms with E-state index in [9.17, 15) is 13.2 Å². The van der Waals surface area contributed by atoms with E-state index in [0.717, 1.165) is 0 Å². The fourth-order valence-electron chi connectivity index (χ4n) is 1.80. The standard InChI is InChI=1S/C14H12BrF3N2S.C2H6/c1-21-10-5-4-9(11(7-10)14(16,17)18)8-20-13-12(15)3-2-6-19-13;1-2/h2-7H,8H2,1H3,(H,19,20);1-2H3. The van der Waals surface area contributed by atoms with Crippen LogP contribution < -0.4 is 5.32 Å². The average molecular weight is 407 g/mol. The van der Waals surface area contributed by atoms with E-state index in [1.165, 1.54) is 23.9 Å². The summed E-state index contributed by atoms with van der Waals surface area (Å²) in [6.07, 6.45) is -1.04. The van der Waals surface area contributed by atoms with E-state index in [1.54, 1.807) is 30.7 Å². The number of rotatable bonds is 4. The summed E-state index contributed by atoms with van der Waals surface area (Å²) in [6, 6.07) is 7.87. The number of hydrogen-bond donors (Lipinski definition) is 1. The molecular formula is C16H18BrF3N2S. The number of nitrogens with zero attached hydrogens (tertiary/aromatic N) is 1. The summed E-state index contributed by atoms with van der Waals surface area (Å²) < 4.78 is 40.0. The first-order valence-corrected chi connectivity index (χ1v) is 9.02. The predicted octanol–water partition coefficient (Wildman–Crippen LogP) is 6.22. The molecule has 0 unspecified atom stereocenters. The second-order valence-electron chi connectivity index (χ2n) is 4.21. The third-order valence-electron chi connectivity index (χ3n) is 2.83. The number of halogens is 4. The monoisotopic (exact) mass is 406 g/mol. The van der Waals surface area contributed by atoms with Gasteiger partial charge < -0.3 is 5.32 Å². The molecule has 0 aliphatic carbocycles. The second kappa shape index (κ2) is 9.17. The molecule has 0 bridgehead atoms. The van der Waals surface area contributed by atoms with Crippen molar-refractivity contribution in [2.75, 3.05) is 11.6 Å². The van der Waals surface area contributed by atoms with Crippen molar-refractivity contribution in [1.29, 1.82) is 0 Å². The van der Waals surface area contributed by atoms with Crippen LogP contribution in [0.4, 0.5) is 19.0 Å². The molecular weight excluding hydrogens is 389 g/mol. The number of aromatic nitrogens is 1. The molecule has 0 amide bonds. The molecule has 0 aliphatic heterocycles. The maximum atomic E-state index is 13.1. The Labute approximate surface area is 147 Å². The molecule has 1 aromatic heterocycles. The highest BCUT2D eigenvalue weighted by atomic mass is 79.9. The first-order chi connectivity index (χ1) is 10.9. The summed E-state index contributed by atoms with van der Waals surface area (Å²) in [4.78, 5) is 4.66. The molecule has 23 heavy (non-hydrogen) atoms. The Morgan fingerprint density at radius 2 is 1.91 bits per heavy atom. The van der Waals surface area contributed by atoms with Gasteiger partial charge in [0, 0.05) is 17.6 Å². The molecule has 0 aliphatic rings. The number of thioether (sulfide) groups is 1. The van der Waals surface area contributed by atoms with Gasteiger partial charge >= 0.3 is 6.18 Å². The van der Waals surface area contributed by atoms with E-state index in [2.05, 4.69) is 26.2 Å². The van der Waals surface area contributed by atoms with Crippen LogP contribution in [0, 0.1) is 0 Å². The zero-order valence-electron chi connectivity index (χ0n) is 13.0. The molecule has 1 aromatic carbocycles. The molecule has 0 spiro atoms. The van der Waals surface area contributed by atoms with Crippen molar-refractivity contribution in [3.05, 3.63) is 52.1 Å². The van der Waals surface area contributed by atoms with Gasteiger partial charge in [-0.25, -0.2) is 4.98 Å². The lowest BCUT2D eigenvalue weighted by atomic mass is 10.1. The molecule has 0 atom stereocenters. The zero-order chi connectivity index (χ0) is 17.5. The van der Waals surface area contributed by atoms with Crippen LogP contribution in [0.1, 0.15) is 25.0 Å². The summed E-state index contributed by atoms with van der Waals surface area (Å²) in [5.74, 6) is 0.513. The molecule has 2 nitrogen and oxygen atoms in total. The molecule has 7 heteroatoms. The molecule has 1 N–H and O–H groups in total. The minimum atomic E-state index is -4.37. The molecule has 126 valence electrons. The van der Waals surface area contributed by atoms with Crippen LogP contribution in [0.5, 0.6) is 0 Å². The SMILES string of the molecule is CC.CSc1ccc(CNc2ncccc2Br)c(C(F)(F)F)c1. The average Bonchev–Trinajstić information content (AvgIpc) is 2.55. The van der Waals surface area contributed by atoms with E-state index in [0.29, 0.717) is 15.2 Å². The molecule has 2 aromatic rings. The van der Waals surface area contributed by atoms with Crippen molar-refractivity contribution >= 4 is 33.5 Å². The Balaban J connectivity index is 0.00000127. The van der Waals surface area contributed by atoms with Crippen LogP contribution >= 0.6 is 27.7 Å². The molecule has 2 rings (SSSR count). The summed E-state index contributed by atoms with van der Waals surface area (Å²) in [7, 11) is 0. The fourth-order valence-corrected chi connectivity index (χ4v) is 2.63. The van der Waals surface area contributed by atoms with Crippen LogP contribution in [0.25, 0.3) is 0 Å². The lowest BCUT2D eigenvalue weighted by Gasteiger charge is -2.15. The van der Waals surface area contributed by atoms with Crippen LogP contribution in [0.15, 0.2) is 45.9 Å². The number of anilines is 1. The summed E-state index contributed by atoms with van der Waals surface area (Å²) in [5, 5.41) is 2.91. The van der Waals surface area contributed by atoms with Crippen molar-refractivity contribution in [2.45, 2.75) is 31.5 Å². The number of hydrogen-bond acceptors (Lipinski definition) is 3. The number of benzene rings is 1. The minimum absolute atomic E-state index is 0.0547. The van der Waals surface area contributed by atoms with Gasteiger partial charge in [-0.15, -0.1) is 11.8 Å². The topological polar surface area (TPSA) is 24.9 Å². The Morgan fingerprint density at radius 1 is 1.22 bits per heavy atom. The highest BCUT2D eigenvalue weighted by Gasteiger charge is 2.33. The Morgan fingerprint density at radius 3 is 2.48 bits per heavy atom. The third-order valence-corrected chi connectivity index (χ3v) is 4.19. The maximum absolute atomic E-state index is 13.1. The molecule has 0 fully saturated rings. The van der Waals surface area contributed by atoms with Crippen molar-refractivity contribution in [1.82, 2.24) is 4.98 Å². The molecule has 0 saturated heterocycles. The van der Waals surface area contributed by atoms with Crippen LogP contribution in [-0.4, -0.2) is 11.2 Å². The lowest BCUT2D eigenvalue weighted by molar-refractivity contribution is -0.138. The van der Waals surface area contributed by atoms with Gasteiger partial charge in [0.25, 0.3) is 0 Å². The molecule has 0 radical (unpaired) electrons. The lowest BCUT2D eigenvalue weighted by Crippen LogP contribution is -2.12. The predicted molar refractivity (Wildman–Crippen MR) is 93.8 cm³/mol. The van der Waals surface area contributed by atoms with Gasteiger partial charge in [0.1, 0.15) is 5.82 Å². The van der Waals surface area contributed by atoms with Gasteiger partial charge in [0.15, 0.2) is 0 Å². The van der Waals surface area contributed by atoms with Gasteiger partial charge in [0.05, 0.1) is 10.0 Å². The largest absolute Gasteiger partial charge is 0.416 e. The first-order valence-electron chi connectivity index (χ1n) is 7.00. The molecule has 0 saturated carbocycles. The van der Waals surface area contributed by atoms with Crippen LogP contribution in [-0.2, 0) is 12.7 Å². The summed E-state index contributed by atoms with van der Waals surface area (Å²) >= 11 is 4.58. The van der Waals surface area contributed by atoms with Gasteiger partial charge in [-0.1, -0.05) is 19.9 Å². The van der Waals surface area contributed by atoms with Gasteiger partial charge in [-0.2, -0.15) is 13.2 Å². The summed E-state index contributed by atoms with van der Waals surface area (Å²) in [6.45, 7) is 4.05. The van der Waals surface area contributed by atoms with Crippen molar-refractivity contribution in [3.8, 4) is 0 Å². The van der Waals surface area contributed by atoms with Crippen molar-refractivity contribution in [3.63, 3.8) is 0 Å². The van der Waals surface area contributed by atoms with E-state index < -0.39 is 11.7 Å². The van der Waals surface area contributed by atoms with E-state index in [4.69, 9.17) is 0 Å². The minimum Gasteiger partial charge on any atom is -0.365 e. The van der Waals surface area contributed by atoms with Crippen LogP contribution in [0.3, 0.4) is 0 Å². The number of alkyl halides is 3. The zero-order valence-corrected chi connectivity index (χ0v) is 15.4. The highest BCUT2D eigenvalue weighted by Crippen LogP contribution is 2.35. The van der Waals surface area contributed by atoms with E-state index >= 15 is 0 Å². The highest BCUT2D eigenvalue weighted by molar-refractivity contribution is 9.10. The Hall–Kier alpha value is -1.21. The summed E-state index contributed by atoms with van der Waals surface area (Å²) in [5.41, 5.74) is -0.424. The fraction of sp³-hybridized carbons (Fsp3) is 0.312.